The number of benzene rings is 1. The zero-order valence-corrected chi connectivity index (χ0v) is 34.2. The van der Waals surface area contributed by atoms with Crippen LogP contribution in [0.5, 0.6) is 5.75 Å². The molecule has 3 fully saturated rings. The number of ether oxygens (including phenoxy) is 6. The minimum Gasteiger partial charge on any atom is -0.463 e. The van der Waals surface area contributed by atoms with Crippen LogP contribution in [0, 0.1) is 11.8 Å². The number of nitrogens with one attached hydrogen (secondary N) is 2. The predicted octanol–water partition coefficient (Wildman–Crippen LogP) is 0.0513. The van der Waals surface area contributed by atoms with E-state index in [9.17, 15) is 44.7 Å². The van der Waals surface area contributed by atoms with Crippen LogP contribution in [0.4, 0.5) is 0 Å². The van der Waals surface area contributed by atoms with Gasteiger partial charge >= 0.3 is 11.9 Å². The van der Waals surface area contributed by atoms with Crippen molar-refractivity contribution in [1.29, 1.82) is 0 Å². The average molecular weight is 826 g/mol. The third-order valence-corrected chi connectivity index (χ3v) is 11.0. The molecule has 0 bridgehead atoms. The highest BCUT2D eigenvalue weighted by molar-refractivity contribution is 5.78. The van der Waals surface area contributed by atoms with Gasteiger partial charge in [-0.25, -0.2) is 0 Å². The van der Waals surface area contributed by atoms with Crippen molar-refractivity contribution in [1.82, 2.24) is 15.5 Å². The van der Waals surface area contributed by atoms with Gasteiger partial charge in [-0.2, -0.15) is 0 Å². The van der Waals surface area contributed by atoms with E-state index < -0.39 is 98.0 Å². The van der Waals surface area contributed by atoms with Gasteiger partial charge in [0.2, 0.25) is 18.1 Å². The number of nitrogens with zero attached hydrogens (tertiary/aromatic N) is 1. The lowest BCUT2D eigenvalue weighted by atomic mass is 9.97. The van der Waals surface area contributed by atoms with Gasteiger partial charge in [-0.1, -0.05) is 39.8 Å². The van der Waals surface area contributed by atoms with E-state index in [0.29, 0.717) is 45.3 Å². The van der Waals surface area contributed by atoms with Crippen molar-refractivity contribution in [3.63, 3.8) is 0 Å². The number of esters is 2. The van der Waals surface area contributed by atoms with Gasteiger partial charge in [0, 0.05) is 38.4 Å². The van der Waals surface area contributed by atoms with E-state index in [1.807, 2.05) is 13.8 Å². The number of carbonyl (C=O) groups is 4. The summed E-state index contributed by atoms with van der Waals surface area (Å²) in [6, 6.07) is 6.24. The highest BCUT2D eigenvalue weighted by atomic mass is 16.8. The molecule has 3 saturated heterocycles. The second kappa shape index (κ2) is 22.2. The van der Waals surface area contributed by atoms with Gasteiger partial charge in [0.1, 0.15) is 55.1 Å². The van der Waals surface area contributed by atoms with Gasteiger partial charge in [0.15, 0.2) is 12.4 Å². The van der Waals surface area contributed by atoms with Crippen LogP contribution >= 0.6 is 0 Å². The Morgan fingerprint density at radius 3 is 2.24 bits per heavy atom. The van der Waals surface area contributed by atoms with E-state index in [1.54, 1.807) is 43.0 Å². The second-order valence-electron chi connectivity index (χ2n) is 15.5. The standard InChI is InChI=1S/C40H63N3O15/c1-7-21(3)37(51)43-17-9-15-42-30(45)18-28(41-16-14-27(19-43)55-24(6)44)25-10-12-26(13-11-25)56-40-36(34(49)31(46)23(5)54-40)58-39-35(50)33(48)32(47)29(57-39)20-53-38(52)22(4)8-2/h10-13,21-23,27-29,31-36,39-41,46-50H,7-9,14-20H2,1-6H3,(H,42,45)/t21-,22-,23-,27-,28-,29+,31-,32+,33-,34+,35+,36+,39-,40-/m0/s1. The summed E-state index contributed by atoms with van der Waals surface area (Å²) in [5.41, 5.74) is 0.725. The Hall–Kier alpha value is -3.46. The number of aliphatic hydroxyl groups is 5. The lowest BCUT2D eigenvalue weighted by Gasteiger charge is -2.45. The molecule has 0 unspecified atom stereocenters. The van der Waals surface area contributed by atoms with Crippen LogP contribution in [0.15, 0.2) is 24.3 Å². The number of carbonyl (C=O) groups excluding carboxylic acids is 4. The van der Waals surface area contributed by atoms with Crippen LogP contribution in [-0.4, -0.2) is 154 Å². The van der Waals surface area contributed by atoms with Crippen molar-refractivity contribution in [2.45, 2.75) is 147 Å². The molecule has 0 saturated carbocycles. The average Bonchev–Trinajstić information content (AvgIpc) is 3.21. The van der Waals surface area contributed by atoms with Crippen LogP contribution in [0.3, 0.4) is 0 Å². The van der Waals surface area contributed by atoms with Crippen molar-refractivity contribution in [2.24, 2.45) is 11.8 Å². The zero-order chi connectivity index (χ0) is 42.7. The van der Waals surface area contributed by atoms with Crippen molar-refractivity contribution in [2.75, 3.05) is 32.8 Å². The van der Waals surface area contributed by atoms with Crippen LogP contribution in [0.2, 0.25) is 0 Å². The molecule has 18 heteroatoms. The lowest BCUT2D eigenvalue weighted by Crippen LogP contribution is -2.64. The van der Waals surface area contributed by atoms with Crippen LogP contribution < -0.4 is 15.4 Å². The summed E-state index contributed by atoms with van der Waals surface area (Å²) < 4.78 is 34.5. The summed E-state index contributed by atoms with van der Waals surface area (Å²) in [6.45, 7) is 11.0. The number of rotatable bonds is 12. The van der Waals surface area contributed by atoms with Crippen molar-refractivity contribution in [3.05, 3.63) is 29.8 Å². The van der Waals surface area contributed by atoms with Gasteiger partial charge in [-0.3, -0.25) is 19.2 Å². The largest absolute Gasteiger partial charge is 0.463 e. The molecule has 3 aliphatic rings. The molecular formula is C40H63N3O15. The summed E-state index contributed by atoms with van der Waals surface area (Å²) >= 11 is 0. The van der Waals surface area contributed by atoms with Gasteiger partial charge in [0.05, 0.1) is 18.6 Å². The Balaban J connectivity index is 1.47. The molecule has 0 spiro atoms. The Morgan fingerprint density at radius 1 is 0.897 bits per heavy atom. The zero-order valence-electron chi connectivity index (χ0n) is 34.2. The monoisotopic (exact) mass is 825 g/mol. The fourth-order valence-electron chi connectivity index (χ4n) is 6.88. The van der Waals surface area contributed by atoms with Crippen molar-refractivity contribution in [3.8, 4) is 5.75 Å². The molecule has 4 rings (SSSR count). The fourth-order valence-corrected chi connectivity index (χ4v) is 6.88. The first kappa shape index (κ1) is 47.2. The molecule has 0 aromatic heterocycles. The van der Waals surface area contributed by atoms with Gasteiger partial charge in [-0.15, -0.1) is 0 Å². The summed E-state index contributed by atoms with van der Waals surface area (Å²) in [5, 5.41) is 60.1. The molecule has 328 valence electrons. The van der Waals surface area contributed by atoms with E-state index in [1.165, 1.54) is 13.8 Å². The molecule has 3 heterocycles. The van der Waals surface area contributed by atoms with Gasteiger partial charge in [0.25, 0.3) is 0 Å². The van der Waals surface area contributed by atoms with E-state index in [2.05, 4.69) is 10.6 Å². The molecular weight excluding hydrogens is 762 g/mol. The summed E-state index contributed by atoms with van der Waals surface area (Å²) in [5.74, 6) is -1.60. The highest BCUT2D eigenvalue weighted by Crippen LogP contribution is 2.31. The summed E-state index contributed by atoms with van der Waals surface area (Å²) in [7, 11) is 0. The SMILES string of the molecule is CC[C@H](C)C(=O)OC[C@H]1O[C@@H](O[C@H]2[C@H](Oc3ccc([C@@H]4CC(=O)NCCCN(C(=O)[C@@H](C)CC)C[C@@H](OC(C)=O)CCN4)cc3)O[C@@H](C)[C@H](O)[C@H]2O)[C@H](O)[C@@H](O)[C@@H]1O. The first-order valence-electron chi connectivity index (χ1n) is 20.3. The Morgan fingerprint density at radius 2 is 1.59 bits per heavy atom. The Kier molecular flexibility index (Phi) is 18.1. The molecule has 1 aromatic rings. The molecule has 1 aromatic carbocycles. The maximum Gasteiger partial charge on any atom is 0.308 e. The maximum atomic E-state index is 13.2. The molecule has 18 nitrogen and oxygen atoms in total. The molecule has 3 aliphatic heterocycles. The molecule has 0 radical (unpaired) electrons. The minimum atomic E-state index is -1.81. The fraction of sp³-hybridized carbons (Fsp3) is 0.750. The Bertz CT molecular complexity index is 1490. The van der Waals surface area contributed by atoms with E-state index in [0.717, 1.165) is 5.56 Å². The summed E-state index contributed by atoms with van der Waals surface area (Å²) in [4.78, 5) is 52.2. The van der Waals surface area contributed by atoms with Crippen LogP contribution in [-0.2, 0) is 42.9 Å². The third kappa shape index (κ3) is 12.8. The summed E-state index contributed by atoms with van der Waals surface area (Å²) in [6.07, 6.45) is -13.4. The minimum absolute atomic E-state index is 0.0328. The van der Waals surface area contributed by atoms with Crippen LogP contribution in [0.1, 0.15) is 85.3 Å². The first-order chi connectivity index (χ1) is 27.5. The second-order valence-corrected chi connectivity index (χ2v) is 15.5. The van der Waals surface area contributed by atoms with Crippen molar-refractivity contribution >= 4 is 23.8 Å². The molecule has 58 heavy (non-hydrogen) atoms. The van der Waals surface area contributed by atoms with Crippen LogP contribution in [0.25, 0.3) is 0 Å². The smallest absolute Gasteiger partial charge is 0.308 e. The van der Waals surface area contributed by atoms with Gasteiger partial charge < -0.3 is 69.5 Å². The van der Waals surface area contributed by atoms with Crippen molar-refractivity contribution < 1.29 is 73.1 Å². The molecule has 14 atom stereocenters. The Labute approximate surface area is 339 Å². The quantitative estimate of drug-likeness (QED) is 0.138. The normalized spacial score (nSPS) is 33.9. The molecule has 7 N–H and O–H groups in total. The topological polar surface area (TPSA) is 252 Å². The number of hydrogen-bond acceptors (Lipinski definition) is 16. The third-order valence-electron chi connectivity index (χ3n) is 11.0. The first-order valence-corrected chi connectivity index (χ1v) is 20.3. The molecule has 2 amide bonds. The van der Waals surface area contributed by atoms with E-state index in [-0.39, 0.29) is 36.4 Å². The number of hydrogen-bond donors (Lipinski definition) is 7. The predicted molar refractivity (Wildman–Crippen MR) is 205 cm³/mol. The lowest BCUT2D eigenvalue weighted by molar-refractivity contribution is -0.355. The van der Waals surface area contributed by atoms with E-state index >= 15 is 0 Å². The number of aliphatic hydroxyl groups excluding tert-OH is 5. The van der Waals surface area contributed by atoms with E-state index in [4.69, 9.17) is 28.4 Å². The maximum absolute atomic E-state index is 13.2. The van der Waals surface area contributed by atoms with Gasteiger partial charge in [-0.05, 0) is 56.8 Å². The molecule has 0 aliphatic carbocycles. The number of amides is 2. The highest BCUT2D eigenvalue weighted by Gasteiger charge is 2.51.